The lowest BCUT2D eigenvalue weighted by Gasteiger charge is -2.10. The van der Waals surface area contributed by atoms with Crippen molar-refractivity contribution in [3.05, 3.63) is 63.6 Å². The average molecular weight is 300 g/mol. The predicted octanol–water partition coefficient (Wildman–Crippen LogP) is 4.00. The number of nitriles is 1. The number of halogens is 1. The fraction of sp³-hybridized carbons (Fsp3) is 0.133. The highest BCUT2D eigenvalue weighted by molar-refractivity contribution is 9.10. The summed E-state index contributed by atoms with van der Waals surface area (Å²) in [7, 11) is 0. The molecule has 0 radical (unpaired) electrons. The van der Waals surface area contributed by atoms with Gasteiger partial charge in [0.25, 0.3) is 0 Å². The maximum Gasteiger partial charge on any atom is 0.128 e. The number of fused-ring (bicyclic) bond motifs is 1. The van der Waals surface area contributed by atoms with Crippen LogP contribution >= 0.6 is 15.9 Å². The maximum absolute atomic E-state index is 9.01. The van der Waals surface area contributed by atoms with Crippen LogP contribution in [0.1, 0.15) is 22.8 Å². The summed E-state index contributed by atoms with van der Waals surface area (Å²) in [4.78, 5) is 0. The molecule has 18 heavy (non-hydrogen) atoms. The molecule has 2 aromatic rings. The number of ether oxygens (including phenoxy) is 1. The number of hydrogen-bond acceptors (Lipinski definition) is 2. The quantitative estimate of drug-likeness (QED) is 0.797. The van der Waals surface area contributed by atoms with E-state index in [-0.39, 0.29) is 6.10 Å². The van der Waals surface area contributed by atoms with E-state index in [9.17, 15) is 0 Å². The van der Waals surface area contributed by atoms with Crippen molar-refractivity contribution in [2.75, 3.05) is 0 Å². The largest absolute Gasteiger partial charge is 0.485 e. The van der Waals surface area contributed by atoms with E-state index in [0.717, 1.165) is 22.2 Å². The first kappa shape index (κ1) is 11.3. The van der Waals surface area contributed by atoms with Gasteiger partial charge in [0, 0.05) is 16.5 Å². The van der Waals surface area contributed by atoms with E-state index >= 15 is 0 Å². The van der Waals surface area contributed by atoms with Crippen molar-refractivity contribution in [2.24, 2.45) is 0 Å². The second kappa shape index (κ2) is 4.47. The van der Waals surface area contributed by atoms with E-state index in [4.69, 9.17) is 10.00 Å². The van der Waals surface area contributed by atoms with Gasteiger partial charge >= 0.3 is 0 Å². The fourth-order valence-electron chi connectivity index (χ4n) is 2.22. The number of rotatable bonds is 1. The van der Waals surface area contributed by atoms with Crippen LogP contribution in [0.5, 0.6) is 5.75 Å². The van der Waals surface area contributed by atoms with Crippen LogP contribution in [0, 0.1) is 11.3 Å². The molecule has 0 saturated heterocycles. The Morgan fingerprint density at radius 3 is 2.67 bits per heavy atom. The summed E-state index contributed by atoms with van der Waals surface area (Å²) in [6.45, 7) is 0. The molecule has 1 aliphatic rings. The Hall–Kier alpha value is -1.79. The van der Waals surface area contributed by atoms with E-state index in [1.54, 1.807) is 6.07 Å². The molecule has 0 bridgehead atoms. The first-order chi connectivity index (χ1) is 8.79. The van der Waals surface area contributed by atoms with Crippen LogP contribution in [-0.2, 0) is 6.42 Å². The van der Waals surface area contributed by atoms with Gasteiger partial charge in [-0.25, -0.2) is 0 Å². The van der Waals surface area contributed by atoms with Gasteiger partial charge in [0.1, 0.15) is 17.9 Å². The Morgan fingerprint density at radius 2 is 1.94 bits per heavy atom. The molecule has 88 valence electrons. The Labute approximate surface area is 114 Å². The zero-order valence-corrected chi connectivity index (χ0v) is 11.1. The SMILES string of the molecule is N#Cc1ccc2c(c1Br)CC(c1ccccc1)O2. The summed E-state index contributed by atoms with van der Waals surface area (Å²) in [5, 5.41) is 9.01. The van der Waals surface area contributed by atoms with Crippen molar-refractivity contribution in [1.82, 2.24) is 0 Å². The molecule has 0 N–H and O–H groups in total. The summed E-state index contributed by atoms with van der Waals surface area (Å²) < 4.78 is 6.80. The predicted molar refractivity (Wildman–Crippen MR) is 72.4 cm³/mol. The molecule has 0 spiro atoms. The third-order valence-electron chi connectivity index (χ3n) is 3.15. The first-order valence-electron chi connectivity index (χ1n) is 5.72. The average Bonchev–Trinajstić information content (AvgIpc) is 2.85. The molecular weight excluding hydrogens is 290 g/mol. The number of hydrogen-bond donors (Lipinski definition) is 0. The third kappa shape index (κ3) is 1.79. The van der Waals surface area contributed by atoms with Crippen molar-refractivity contribution in [2.45, 2.75) is 12.5 Å². The Kier molecular flexibility index (Phi) is 2.81. The van der Waals surface area contributed by atoms with E-state index in [1.807, 2.05) is 24.3 Å². The molecule has 1 heterocycles. The molecule has 3 rings (SSSR count). The molecule has 0 amide bonds. The lowest BCUT2D eigenvalue weighted by molar-refractivity contribution is 0.238. The summed E-state index contributed by atoms with van der Waals surface area (Å²) in [5.74, 6) is 0.870. The van der Waals surface area contributed by atoms with Crippen LogP contribution < -0.4 is 4.74 Å². The molecule has 1 unspecified atom stereocenters. The standard InChI is InChI=1S/C15H10BrNO/c16-15-11(9-17)6-7-13-12(15)8-14(18-13)10-4-2-1-3-5-10/h1-7,14H,8H2. The molecule has 2 aromatic carbocycles. The van der Waals surface area contributed by atoms with E-state index in [2.05, 4.69) is 34.1 Å². The molecule has 0 aliphatic carbocycles. The Bertz CT molecular complexity index is 631. The third-order valence-corrected chi connectivity index (χ3v) is 4.06. The van der Waals surface area contributed by atoms with Crippen molar-refractivity contribution in [3.8, 4) is 11.8 Å². The zero-order chi connectivity index (χ0) is 12.5. The number of benzene rings is 2. The van der Waals surface area contributed by atoms with E-state index in [0.29, 0.717) is 5.56 Å². The summed E-state index contributed by atoms with van der Waals surface area (Å²) in [6, 6.07) is 16.0. The van der Waals surface area contributed by atoms with Crippen molar-refractivity contribution in [3.63, 3.8) is 0 Å². The zero-order valence-electron chi connectivity index (χ0n) is 9.56. The lowest BCUT2D eigenvalue weighted by atomic mass is 10.0. The highest BCUT2D eigenvalue weighted by Gasteiger charge is 2.27. The lowest BCUT2D eigenvalue weighted by Crippen LogP contribution is -2.02. The molecule has 0 aromatic heterocycles. The maximum atomic E-state index is 9.01. The summed E-state index contributed by atoms with van der Waals surface area (Å²) in [6.07, 6.45) is 0.849. The molecule has 1 atom stereocenters. The van der Waals surface area contributed by atoms with Gasteiger partial charge in [-0.2, -0.15) is 5.26 Å². The van der Waals surface area contributed by atoms with Gasteiger partial charge < -0.3 is 4.74 Å². The summed E-state index contributed by atoms with van der Waals surface area (Å²) in [5.41, 5.74) is 2.91. The fourth-order valence-corrected chi connectivity index (χ4v) is 2.80. The highest BCUT2D eigenvalue weighted by atomic mass is 79.9. The minimum absolute atomic E-state index is 0.0476. The molecular formula is C15H10BrNO. The molecule has 0 saturated carbocycles. The van der Waals surface area contributed by atoms with Crippen LogP contribution in [0.3, 0.4) is 0 Å². The second-order valence-electron chi connectivity index (χ2n) is 4.24. The molecule has 3 heteroatoms. The van der Waals surface area contributed by atoms with E-state index in [1.165, 1.54) is 5.56 Å². The smallest absolute Gasteiger partial charge is 0.128 e. The topological polar surface area (TPSA) is 33.0 Å². The van der Waals surface area contributed by atoms with Gasteiger partial charge in [-0.1, -0.05) is 30.3 Å². The molecule has 2 nitrogen and oxygen atoms in total. The van der Waals surface area contributed by atoms with Crippen molar-refractivity contribution in [1.29, 1.82) is 5.26 Å². The van der Waals surface area contributed by atoms with E-state index < -0.39 is 0 Å². The Balaban J connectivity index is 1.97. The van der Waals surface area contributed by atoms with Crippen LogP contribution in [0.25, 0.3) is 0 Å². The highest BCUT2D eigenvalue weighted by Crippen LogP contribution is 2.41. The Morgan fingerprint density at radius 1 is 1.17 bits per heavy atom. The monoisotopic (exact) mass is 299 g/mol. The van der Waals surface area contributed by atoms with Gasteiger partial charge in [0.15, 0.2) is 0 Å². The van der Waals surface area contributed by atoms with Crippen molar-refractivity contribution < 1.29 is 4.74 Å². The van der Waals surface area contributed by atoms with Gasteiger partial charge in [0.05, 0.1) is 5.56 Å². The van der Waals surface area contributed by atoms with Crippen LogP contribution in [0.15, 0.2) is 46.9 Å². The van der Waals surface area contributed by atoms with Gasteiger partial charge in [-0.15, -0.1) is 0 Å². The second-order valence-corrected chi connectivity index (χ2v) is 5.03. The van der Waals surface area contributed by atoms with Gasteiger partial charge in [-0.3, -0.25) is 0 Å². The van der Waals surface area contributed by atoms with Crippen LogP contribution in [0.4, 0.5) is 0 Å². The van der Waals surface area contributed by atoms with Gasteiger partial charge in [0.2, 0.25) is 0 Å². The molecule has 1 aliphatic heterocycles. The van der Waals surface area contributed by atoms with Crippen LogP contribution in [-0.4, -0.2) is 0 Å². The van der Waals surface area contributed by atoms with Crippen LogP contribution in [0.2, 0.25) is 0 Å². The first-order valence-corrected chi connectivity index (χ1v) is 6.52. The minimum atomic E-state index is 0.0476. The van der Waals surface area contributed by atoms with Crippen molar-refractivity contribution >= 4 is 15.9 Å². The number of nitrogens with zero attached hydrogens (tertiary/aromatic N) is 1. The van der Waals surface area contributed by atoms with Gasteiger partial charge in [-0.05, 0) is 33.6 Å². The normalized spacial score (nSPS) is 16.8. The molecule has 0 fully saturated rings. The minimum Gasteiger partial charge on any atom is -0.485 e. The summed E-state index contributed by atoms with van der Waals surface area (Å²) >= 11 is 3.49.